The Kier molecular flexibility index (Phi) is 5.51. The van der Waals surface area contributed by atoms with Gasteiger partial charge in [0.25, 0.3) is 5.91 Å². The van der Waals surface area contributed by atoms with Gasteiger partial charge in [0.05, 0.1) is 19.3 Å². The number of carbonyl (C=O) groups excluding carboxylic acids is 1. The number of fused-ring (bicyclic) bond motifs is 1. The third kappa shape index (κ3) is 3.40. The maximum atomic E-state index is 13.1. The molecule has 3 rings (SSSR count). The molecule has 0 aromatic heterocycles. The van der Waals surface area contributed by atoms with Gasteiger partial charge in [-0.3, -0.25) is 4.79 Å². The van der Waals surface area contributed by atoms with E-state index in [0.29, 0.717) is 24.7 Å². The van der Waals surface area contributed by atoms with Crippen molar-refractivity contribution >= 4 is 17.3 Å². The first-order valence-electron chi connectivity index (χ1n) is 8.77. The molecule has 2 aromatic carbocycles. The number of hydrogen-bond acceptors (Lipinski definition) is 5. The molecule has 1 aliphatic rings. The van der Waals surface area contributed by atoms with Crippen molar-refractivity contribution < 1.29 is 14.3 Å². The van der Waals surface area contributed by atoms with Crippen LogP contribution in [0.1, 0.15) is 35.7 Å². The van der Waals surface area contributed by atoms with Crippen LogP contribution in [0.4, 0.5) is 11.4 Å². The summed E-state index contributed by atoms with van der Waals surface area (Å²) in [6, 6.07) is 10.8. The molecule has 26 heavy (non-hydrogen) atoms. The van der Waals surface area contributed by atoms with Crippen molar-refractivity contribution in [3.63, 3.8) is 0 Å². The van der Waals surface area contributed by atoms with E-state index < -0.39 is 0 Å². The van der Waals surface area contributed by atoms with Gasteiger partial charge in [0, 0.05) is 18.3 Å². The van der Waals surface area contributed by atoms with Crippen LogP contribution in [0.5, 0.6) is 11.5 Å². The van der Waals surface area contributed by atoms with Crippen molar-refractivity contribution in [3.8, 4) is 11.5 Å². The topological polar surface area (TPSA) is 68.2 Å². The van der Waals surface area contributed by atoms with Crippen molar-refractivity contribution in [2.75, 3.05) is 25.2 Å². The maximum Gasteiger partial charge on any atom is 0.260 e. The minimum Gasteiger partial charge on any atom is -0.493 e. The summed E-state index contributed by atoms with van der Waals surface area (Å²) in [5, 5.41) is 3.05. The summed E-state index contributed by atoms with van der Waals surface area (Å²) in [5.41, 5.74) is 2.27. The number of benzene rings is 2. The van der Waals surface area contributed by atoms with E-state index >= 15 is 0 Å². The highest BCUT2D eigenvalue weighted by atomic mass is 16.5. The molecule has 0 radical (unpaired) electrons. The van der Waals surface area contributed by atoms with Gasteiger partial charge in [0.15, 0.2) is 11.5 Å². The third-order valence-electron chi connectivity index (χ3n) is 4.50. The molecular formula is C20H22N2O4. The van der Waals surface area contributed by atoms with Gasteiger partial charge in [-0.05, 0) is 35.7 Å². The van der Waals surface area contributed by atoms with E-state index in [2.05, 4.69) is 12.1 Å². The lowest BCUT2D eigenvalue weighted by Gasteiger charge is -2.19. The molecule has 1 amide bonds. The van der Waals surface area contributed by atoms with Gasteiger partial charge in [-0.15, -0.1) is 4.91 Å². The summed E-state index contributed by atoms with van der Waals surface area (Å²) in [5.74, 6) is 0.584. The quantitative estimate of drug-likeness (QED) is 0.543. The standard InChI is InChI=1S/C20H22N2O4/c1-3-4-11-26-19-13-16(21-24)15(12-18(19)25-2)20(23)22-10-9-14-7-5-6-8-17(14)22/h5-8,12-13H,3-4,9-11H2,1-2H3. The molecule has 0 N–H and O–H groups in total. The Balaban J connectivity index is 1.94. The molecule has 0 saturated carbocycles. The number of anilines is 1. The van der Waals surface area contributed by atoms with Gasteiger partial charge in [0.2, 0.25) is 0 Å². The predicted octanol–water partition coefficient (Wildman–Crippen LogP) is 4.47. The number of unbranched alkanes of at least 4 members (excludes halogenated alkanes) is 1. The number of amides is 1. The zero-order valence-electron chi connectivity index (χ0n) is 15.0. The molecule has 0 bridgehead atoms. The van der Waals surface area contributed by atoms with Crippen LogP contribution in [0.3, 0.4) is 0 Å². The Labute approximate surface area is 152 Å². The monoisotopic (exact) mass is 354 g/mol. The number of methoxy groups -OCH3 is 1. The van der Waals surface area contributed by atoms with E-state index in [9.17, 15) is 9.70 Å². The molecule has 0 fully saturated rings. The van der Waals surface area contributed by atoms with Crippen molar-refractivity contribution in [2.45, 2.75) is 26.2 Å². The second-order valence-electron chi connectivity index (χ2n) is 6.15. The average molecular weight is 354 g/mol. The first-order valence-corrected chi connectivity index (χ1v) is 8.77. The number of ether oxygens (including phenoxy) is 2. The maximum absolute atomic E-state index is 13.1. The fourth-order valence-corrected chi connectivity index (χ4v) is 3.09. The number of nitrogens with zero attached hydrogens (tertiary/aromatic N) is 2. The summed E-state index contributed by atoms with van der Waals surface area (Å²) in [7, 11) is 1.51. The molecule has 2 aromatic rings. The minimum absolute atomic E-state index is 0.0617. The lowest BCUT2D eigenvalue weighted by Crippen LogP contribution is -2.29. The first kappa shape index (κ1) is 17.9. The van der Waals surface area contributed by atoms with Crippen LogP contribution in [0.2, 0.25) is 0 Å². The van der Waals surface area contributed by atoms with Gasteiger partial charge in [-0.1, -0.05) is 31.5 Å². The molecule has 1 heterocycles. The summed E-state index contributed by atoms with van der Waals surface area (Å²) in [6.45, 7) is 3.15. The molecule has 6 nitrogen and oxygen atoms in total. The van der Waals surface area contributed by atoms with Gasteiger partial charge in [-0.2, -0.15) is 0 Å². The van der Waals surface area contributed by atoms with E-state index in [1.807, 2.05) is 24.3 Å². The Bertz CT molecular complexity index is 819. The molecule has 0 unspecified atom stereocenters. The fourth-order valence-electron chi connectivity index (χ4n) is 3.09. The Hall–Kier alpha value is -2.89. The van der Waals surface area contributed by atoms with Crippen LogP contribution in [-0.4, -0.2) is 26.2 Å². The second kappa shape index (κ2) is 7.99. The predicted molar refractivity (Wildman–Crippen MR) is 101 cm³/mol. The average Bonchev–Trinajstić information content (AvgIpc) is 3.11. The molecule has 0 atom stereocenters. The Morgan fingerprint density at radius 2 is 2.04 bits per heavy atom. The van der Waals surface area contributed by atoms with Crippen LogP contribution >= 0.6 is 0 Å². The number of nitroso groups, excluding NO2 is 1. The van der Waals surface area contributed by atoms with Gasteiger partial charge < -0.3 is 14.4 Å². The van der Waals surface area contributed by atoms with Gasteiger partial charge >= 0.3 is 0 Å². The summed E-state index contributed by atoms with van der Waals surface area (Å²) in [6.07, 6.45) is 2.67. The molecule has 1 aliphatic heterocycles. The van der Waals surface area contributed by atoms with Gasteiger partial charge in [0.1, 0.15) is 5.69 Å². The largest absolute Gasteiger partial charge is 0.493 e. The molecule has 0 saturated heterocycles. The summed E-state index contributed by atoms with van der Waals surface area (Å²) >= 11 is 0. The summed E-state index contributed by atoms with van der Waals surface area (Å²) in [4.78, 5) is 26.1. The van der Waals surface area contributed by atoms with Crippen LogP contribution in [0.25, 0.3) is 0 Å². The van der Waals surface area contributed by atoms with E-state index in [0.717, 1.165) is 30.5 Å². The first-order chi connectivity index (χ1) is 12.7. The Morgan fingerprint density at radius 1 is 1.23 bits per heavy atom. The number of para-hydroxylation sites is 1. The highest BCUT2D eigenvalue weighted by Crippen LogP contribution is 2.37. The number of carbonyl (C=O) groups is 1. The van der Waals surface area contributed by atoms with E-state index in [-0.39, 0.29) is 17.2 Å². The lowest BCUT2D eigenvalue weighted by molar-refractivity contribution is 0.0989. The van der Waals surface area contributed by atoms with Crippen LogP contribution in [-0.2, 0) is 6.42 Å². The van der Waals surface area contributed by atoms with Crippen LogP contribution in [0, 0.1) is 4.91 Å². The van der Waals surface area contributed by atoms with Crippen molar-refractivity contribution in [1.82, 2.24) is 0 Å². The molecule has 0 aliphatic carbocycles. The molecular weight excluding hydrogens is 332 g/mol. The zero-order valence-corrected chi connectivity index (χ0v) is 15.0. The highest BCUT2D eigenvalue weighted by molar-refractivity contribution is 6.10. The van der Waals surface area contributed by atoms with Gasteiger partial charge in [-0.25, -0.2) is 0 Å². The van der Waals surface area contributed by atoms with Crippen molar-refractivity contribution in [3.05, 3.63) is 52.4 Å². The van der Waals surface area contributed by atoms with Crippen molar-refractivity contribution in [1.29, 1.82) is 0 Å². The van der Waals surface area contributed by atoms with E-state index in [1.54, 1.807) is 11.0 Å². The number of rotatable bonds is 7. The highest BCUT2D eigenvalue weighted by Gasteiger charge is 2.28. The molecule has 0 spiro atoms. The van der Waals surface area contributed by atoms with E-state index in [4.69, 9.17) is 9.47 Å². The van der Waals surface area contributed by atoms with Crippen LogP contribution < -0.4 is 14.4 Å². The van der Waals surface area contributed by atoms with Crippen LogP contribution in [0.15, 0.2) is 41.6 Å². The SMILES string of the molecule is CCCCOc1cc(N=O)c(C(=O)N2CCc3ccccc32)cc1OC. The normalized spacial score (nSPS) is 12.6. The lowest BCUT2D eigenvalue weighted by atomic mass is 10.1. The second-order valence-corrected chi connectivity index (χ2v) is 6.15. The van der Waals surface area contributed by atoms with E-state index in [1.165, 1.54) is 13.2 Å². The Morgan fingerprint density at radius 3 is 2.77 bits per heavy atom. The smallest absolute Gasteiger partial charge is 0.260 e. The number of hydrogen-bond donors (Lipinski definition) is 0. The summed E-state index contributed by atoms with van der Waals surface area (Å²) < 4.78 is 11.0. The zero-order chi connectivity index (χ0) is 18.5. The molecule has 6 heteroatoms. The molecule has 136 valence electrons. The fraction of sp³-hybridized carbons (Fsp3) is 0.350. The minimum atomic E-state index is -0.261. The third-order valence-corrected chi connectivity index (χ3v) is 4.50. The van der Waals surface area contributed by atoms with Crippen molar-refractivity contribution in [2.24, 2.45) is 5.18 Å².